The van der Waals surface area contributed by atoms with Crippen LogP contribution < -0.4 is 11.1 Å². The number of primary amides is 1. The van der Waals surface area contributed by atoms with Gasteiger partial charge in [-0.05, 0) is 6.92 Å². The molecule has 2 heterocycles. The molecule has 2 saturated heterocycles. The van der Waals surface area contributed by atoms with Crippen molar-refractivity contribution in [2.24, 2.45) is 17.6 Å². The van der Waals surface area contributed by atoms with Crippen molar-refractivity contribution in [2.75, 3.05) is 26.2 Å². The highest BCUT2D eigenvalue weighted by Crippen LogP contribution is 2.27. The van der Waals surface area contributed by atoms with Crippen LogP contribution in [0.1, 0.15) is 13.8 Å². The molecule has 2 unspecified atom stereocenters. The molecule has 0 radical (unpaired) electrons. The van der Waals surface area contributed by atoms with E-state index in [1.807, 2.05) is 0 Å². The molecule has 8 heteroatoms. The average Bonchev–Trinajstić information content (AvgIpc) is 2.42. The van der Waals surface area contributed by atoms with Crippen LogP contribution in [-0.4, -0.2) is 71.1 Å². The van der Waals surface area contributed by atoms with Crippen LogP contribution in [0.25, 0.3) is 0 Å². The Morgan fingerprint density at radius 3 is 2.19 bits per heavy atom. The SMILES string of the molecule is CC(C(=O)N1CCN(C(N)=O)CC1)[C@H]1NC(=O)[C@@H]1C(C)O. The van der Waals surface area contributed by atoms with Crippen molar-refractivity contribution in [3.8, 4) is 0 Å². The number of nitrogens with zero attached hydrogens (tertiary/aromatic N) is 2. The van der Waals surface area contributed by atoms with E-state index in [4.69, 9.17) is 5.73 Å². The van der Waals surface area contributed by atoms with Crippen LogP contribution in [0.4, 0.5) is 4.79 Å². The second kappa shape index (κ2) is 5.88. The maximum absolute atomic E-state index is 12.4. The van der Waals surface area contributed by atoms with Gasteiger partial charge in [0.15, 0.2) is 0 Å². The summed E-state index contributed by atoms with van der Waals surface area (Å²) < 4.78 is 0. The molecule has 4 amide bonds. The third kappa shape index (κ3) is 2.94. The monoisotopic (exact) mass is 298 g/mol. The number of hydrogen-bond donors (Lipinski definition) is 3. The lowest BCUT2D eigenvalue weighted by atomic mass is 9.78. The molecule has 4 N–H and O–H groups in total. The van der Waals surface area contributed by atoms with E-state index < -0.39 is 24.0 Å². The van der Waals surface area contributed by atoms with Gasteiger partial charge in [0, 0.05) is 26.2 Å². The van der Waals surface area contributed by atoms with Gasteiger partial charge in [-0.3, -0.25) is 9.59 Å². The van der Waals surface area contributed by atoms with Gasteiger partial charge < -0.3 is 26.0 Å². The molecule has 0 aromatic heterocycles. The van der Waals surface area contributed by atoms with Crippen LogP contribution in [0, 0.1) is 11.8 Å². The van der Waals surface area contributed by atoms with Crippen LogP contribution >= 0.6 is 0 Å². The summed E-state index contributed by atoms with van der Waals surface area (Å²) in [6, 6.07) is -0.810. The van der Waals surface area contributed by atoms with E-state index in [2.05, 4.69) is 5.32 Å². The highest BCUT2D eigenvalue weighted by atomic mass is 16.3. The zero-order chi connectivity index (χ0) is 15.7. The van der Waals surface area contributed by atoms with E-state index in [0.29, 0.717) is 26.2 Å². The zero-order valence-electron chi connectivity index (χ0n) is 12.3. The van der Waals surface area contributed by atoms with Crippen LogP contribution in [0.2, 0.25) is 0 Å². The quantitative estimate of drug-likeness (QED) is 0.541. The van der Waals surface area contributed by atoms with Crippen molar-refractivity contribution < 1.29 is 19.5 Å². The summed E-state index contributed by atoms with van der Waals surface area (Å²) in [4.78, 5) is 38.1. The molecule has 0 aliphatic carbocycles. The van der Waals surface area contributed by atoms with Gasteiger partial charge in [-0.25, -0.2) is 4.79 Å². The maximum Gasteiger partial charge on any atom is 0.314 e. The third-order valence-electron chi connectivity index (χ3n) is 4.35. The average molecular weight is 298 g/mol. The van der Waals surface area contributed by atoms with E-state index in [9.17, 15) is 19.5 Å². The first-order valence-corrected chi connectivity index (χ1v) is 7.14. The Kier molecular flexibility index (Phi) is 4.36. The van der Waals surface area contributed by atoms with E-state index in [0.717, 1.165) is 0 Å². The molecule has 2 aliphatic rings. The molecule has 0 aromatic carbocycles. The molecule has 2 fully saturated rings. The minimum absolute atomic E-state index is 0.0743. The molecule has 0 spiro atoms. The molecule has 21 heavy (non-hydrogen) atoms. The Morgan fingerprint density at radius 2 is 1.76 bits per heavy atom. The largest absolute Gasteiger partial charge is 0.393 e. The molecule has 2 aliphatic heterocycles. The number of piperazine rings is 1. The number of β-lactam (4-membered cyclic amide) rings is 1. The van der Waals surface area contributed by atoms with Crippen molar-refractivity contribution in [3.05, 3.63) is 0 Å². The number of carbonyl (C=O) groups is 3. The van der Waals surface area contributed by atoms with Crippen LogP contribution in [0.5, 0.6) is 0 Å². The van der Waals surface area contributed by atoms with E-state index in [-0.39, 0.29) is 17.9 Å². The molecule has 8 nitrogen and oxygen atoms in total. The summed E-state index contributed by atoms with van der Waals surface area (Å²) >= 11 is 0. The minimum Gasteiger partial charge on any atom is -0.393 e. The van der Waals surface area contributed by atoms with Crippen molar-refractivity contribution >= 4 is 17.8 Å². The molecule has 118 valence electrons. The molecule has 0 bridgehead atoms. The van der Waals surface area contributed by atoms with Gasteiger partial charge in [0.1, 0.15) is 0 Å². The lowest BCUT2D eigenvalue weighted by Gasteiger charge is -2.43. The third-order valence-corrected chi connectivity index (χ3v) is 4.35. The highest BCUT2D eigenvalue weighted by molar-refractivity contribution is 5.90. The smallest absolute Gasteiger partial charge is 0.314 e. The van der Waals surface area contributed by atoms with E-state index in [1.165, 1.54) is 4.90 Å². The number of nitrogens with two attached hydrogens (primary N) is 1. The van der Waals surface area contributed by atoms with E-state index in [1.54, 1.807) is 18.7 Å². The number of nitrogens with one attached hydrogen (secondary N) is 1. The van der Waals surface area contributed by atoms with Gasteiger partial charge in [-0.2, -0.15) is 0 Å². The molecular formula is C13H22N4O4. The first-order chi connectivity index (χ1) is 9.82. The summed E-state index contributed by atoms with van der Waals surface area (Å²) in [5.41, 5.74) is 5.20. The molecular weight excluding hydrogens is 276 g/mol. The fourth-order valence-corrected chi connectivity index (χ4v) is 2.96. The Labute approximate surface area is 123 Å². The number of hydrogen-bond acceptors (Lipinski definition) is 4. The first kappa shape index (κ1) is 15.6. The predicted molar refractivity (Wildman–Crippen MR) is 74.0 cm³/mol. The Bertz CT molecular complexity index is 445. The van der Waals surface area contributed by atoms with Gasteiger partial charge >= 0.3 is 6.03 Å². The molecule has 2 rings (SSSR count). The Balaban J connectivity index is 1.92. The first-order valence-electron chi connectivity index (χ1n) is 7.14. The van der Waals surface area contributed by atoms with Gasteiger partial charge in [-0.1, -0.05) is 6.92 Å². The van der Waals surface area contributed by atoms with Crippen LogP contribution in [-0.2, 0) is 9.59 Å². The molecule has 4 atom stereocenters. The van der Waals surface area contributed by atoms with Crippen LogP contribution in [0.15, 0.2) is 0 Å². The predicted octanol–water partition coefficient (Wildman–Crippen LogP) is -1.66. The standard InChI is InChI=1S/C13H22N4O4/c1-7(10-9(8(2)18)11(19)15-10)12(20)16-3-5-17(6-4-16)13(14)21/h7-10,18H,3-6H2,1-2H3,(H2,14,21)(H,15,19)/t7?,8?,9-,10-/m1/s1. The van der Waals surface area contributed by atoms with E-state index >= 15 is 0 Å². The summed E-state index contributed by atoms with van der Waals surface area (Å²) in [6.45, 7) is 5.02. The number of rotatable bonds is 3. The fraction of sp³-hybridized carbons (Fsp3) is 0.769. The van der Waals surface area contributed by atoms with Crippen LogP contribution in [0.3, 0.4) is 0 Å². The summed E-state index contributed by atoms with van der Waals surface area (Å²) in [5, 5.41) is 12.3. The summed E-state index contributed by atoms with van der Waals surface area (Å²) in [5.74, 6) is -1.22. The van der Waals surface area contributed by atoms with Crippen molar-refractivity contribution in [1.82, 2.24) is 15.1 Å². The normalized spacial score (nSPS) is 28.4. The molecule has 0 aromatic rings. The van der Waals surface area contributed by atoms with Crippen molar-refractivity contribution in [2.45, 2.75) is 26.0 Å². The van der Waals surface area contributed by atoms with Gasteiger partial charge in [0.25, 0.3) is 0 Å². The summed E-state index contributed by atoms with van der Waals surface area (Å²) in [7, 11) is 0. The topological polar surface area (TPSA) is 116 Å². The Morgan fingerprint density at radius 1 is 1.24 bits per heavy atom. The minimum atomic E-state index is -0.772. The molecule has 0 saturated carbocycles. The zero-order valence-corrected chi connectivity index (χ0v) is 12.3. The second-order valence-electron chi connectivity index (χ2n) is 5.74. The number of urea groups is 1. The highest BCUT2D eigenvalue weighted by Gasteiger charge is 2.47. The van der Waals surface area contributed by atoms with Gasteiger partial charge in [0.2, 0.25) is 11.8 Å². The fourth-order valence-electron chi connectivity index (χ4n) is 2.96. The summed E-state index contributed by atoms with van der Waals surface area (Å²) in [6.07, 6.45) is -0.772. The lowest BCUT2D eigenvalue weighted by molar-refractivity contribution is -0.149. The van der Waals surface area contributed by atoms with Crippen molar-refractivity contribution in [1.29, 1.82) is 0 Å². The number of aliphatic hydroxyl groups is 1. The lowest BCUT2D eigenvalue weighted by Crippen LogP contribution is -2.66. The van der Waals surface area contributed by atoms with Gasteiger partial charge in [-0.15, -0.1) is 0 Å². The van der Waals surface area contributed by atoms with Crippen molar-refractivity contribution in [3.63, 3.8) is 0 Å². The number of carbonyl (C=O) groups excluding carboxylic acids is 3. The van der Waals surface area contributed by atoms with Gasteiger partial charge in [0.05, 0.1) is 24.0 Å². The number of aliphatic hydroxyl groups excluding tert-OH is 1. The maximum atomic E-state index is 12.4. The second-order valence-corrected chi connectivity index (χ2v) is 5.74. The number of amides is 4. The Hall–Kier alpha value is -1.83.